The quantitative estimate of drug-likeness (QED) is 0.269. The van der Waals surface area contributed by atoms with E-state index < -0.39 is 10.8 Å². The molecule has 0 heterocycles. The second-order valence-corrected chi connectivity index (χ2v) is 6.45. The second-order valence-electron chi connectivity index (χ2n) is 6.04. The van der Waals surface area contributed by atoms with E-state index in [9.17, 15) is 14.9 Å². The molecular formula is C20H23N3O5S. The molecule has 0 aliphatic carbocycles. The number of nitrogens with one attached hydrogen (secondary N) is 2. The van der Waals surface area contributed by atoms with Gasteiger partial charge in [-0.1, -0.05) is 25.6 Å². The zero-order valence-electron chi connectivity index (χ0n) is 16.3. The fourth-order valence-electron chi connectivity index (χ4n) is 2.37. The van der Waals surface area contributed by atoms with Crippen LogP contribution in [0.3, 0.4) is 0 Å². The van der Waals surface area contributed by atoms with Crippen LogP contribution < -0.4 is 20.1 Å². The van der Waals surface area contributed by atoms with Gasteiger partial charge in [0.05, 0.1) is 23.3 Å². The number of carbonyl (C=O) groups is 1. The Hall–Kier alpha value is -3.20. The SMILES string of the molecule is CCCCNC(=S)C(=O)Nc1cc(Oc2ccc(OCC)cc2)cc([N+](=O)[O-])c1. The highest BCUT2D eigenvalue weighted by atomic mass is 32.1. The van der Waals surface area contributed by atoms with Crippen LogP contribution >= 0.6 is 12.2 Å². The van der Waals surface area contributed by atoms with Crippen LogP contribution in [0, 0.1) is 10.1 Å². The summed E-state index contributed by atoms with van der Waals surface area (Å²) in [6, 6.07) is 10.9. The number of non-ortho nitro benzene ring substituents is 1. The maximum Gasteiger partial charge on any atom is 0.283 e. The maximum atomic E-state index is 12.2. The number of amides is 1. The molecule has 0 unspecified atom stereocenters. The minimum absolute atomic E-state index is 0.0268. The van der Waals surface area contributed by atoms with Crippen molar-refractivity contribution in [1.29, 1.82) is 0 Å². The molecule has 1 amide bonds. The molecule has 0 aliphatic rings. The molecule has 0 saturated carbocycles. The number of nitro benzene ring substituents is 1. The minimum Gasteiger partial charge on any atom is -0.494 e. The normalized spacial score (nSPS) is 10.1. The van der Waals surface area contributed by atoms with Crippen molar-refractivity contribution in [1.82, 2.24) is 5.32 Å². The minimum atomic E-state index is -0.557. The number of nitrogens with zero attached hydrogens (tertiary/aromatic N) is 1. The number of thiocarbonyl (C=S) groups is 1. The number of ether oxygens (including phenoxy) is 2. The van der Waals surface area contributed by atoms with Crippen molar-refractivity contribution >= 4 is 34.5 Å². The number of carbonyl (C=O) groups excluding carboxylic acids is 1. The molecule has 0 atom stereocenters. The number of benzene rings is 2. The van der Waals surface area contributed by atoms with Crippen molar-refractivity contribution in [2.75, 3.05) is 18.5 Å². The molecule has 0 aromatic heterocycles. The molecule has 0 spiro atoms. The number of rotatable bonds is 9. The molecule has 2 aromatic carbocycles. The average molecular weight is 417 g/mol. The van der Waals surface area contributed by atoms with Gasteiger partial charge >= 0.3 is 0 Å². The highest BCUT2D eigenvalue weighted by molar-refractivity contribution is 7.82. The molecule has 2 aromatic rings. The van der Waals surface area contributed by atoms with Crippen LogP contribution in [0.1, 0.15) is 26.7 Å². The number of nitro groups is 1. The van der Waals surface area contributed by atoms with Crippen LogP contribution in [0.5, 0.6) is 17.2 Å². The first-order valence-electron chi connectivity index (χ1n) is 9.22. The Balaban J connectivity index is 2.15. The Morgan fingerprint density at radius 3 is 2.41 bits per heavy atom. The number of hydrogen-bond donors (Lipinski definition) is 2. The summed E-state index contributed by atoms with van der Waals surface area (Å²) in [5.41, 5.74) is -0.00150. The molecule has 8 nitrogen and oxygen atoms in total. The first-order chi connectivity index (χ1) is 13.9. The zero-order valence-corrected chi connectivity index (χ0v) is 17.1. The van der Waals surface area contributed by atoms with Crippen LogP contribution in [0.2, 0.25) is 0 Å². The largest absolute Gasteiger partial charge is 0.494 e. The zero-order chi connectivity index (χ0) is 21.2. The highest BCUT2D eigenvalue weighted by Gasteiger charge is 2.15. The molecule has 0 radical (unpaired) electrons. The third-order valence-corrected chi connectivity index (χ3v) is 4.08. The topological polar surface area (TPSA) is 103 Å². The van der Waals surface area contributed by atoms with Gasteiger partial charge in [0.1, 0.15) is 17.2 Å². The van der Waals surface area contributed by atoms with Gasteiger partial charge in [0.25, 0.3) is 11.6 Å². The fourth-order valence-corrected chi connectivity index (χ4v) is 2.53. The van der Waals surface area contributed by atoms with Crippen LogP contribution in [0.4, 0.5) is 11.4 Å². The monoisotopic (exact) mass is 417 g/mol. The molecule has 2 rings (SSSR count). The van der Waals surface area contributed by atoms with E-state index in [-0.39, 0.29) is 22.1 Å². The van der Waals surface area contributed by atoms with Gasteiger partial charge < -0.3 is 20.1 Å². The lowest BCUT2D eigenvalue weighted by Gasteiger charge is -2.11. The van der Waals surface area contributed by atoms with Crippen molar-refractivity contribution in [3.8, 4) is 17.2 Å². The molecular weight excluding hydrogens is 394 g/mol. The predicted octanol–water partition coefficient (Wildman–Crippen LogP) is 4.44. The van der Waals surface area contributed by atoms with Crippen molar-refractivity contribution in [2.45, 2.75) is 26.7 Å². The van der Waals surface area contributed by atoms with Gasteiger partial charge in [-0.25, -0.2) is 0 Å². The van der Waals surface area contributed by atoms with Crippen LogP contribution in [0.25, 0.3) is 0 Å². The Morgan fingerprint density at radius 1 is 1.10 bits per heavy atom. The van der Waals surface area contributed by atoms with E-state index in [2.05, 4.69) is 10.6 Å². The van der Waals surface area contributed by atoms with E-state index in [1.54, 1.807) is 24.3 Å². The molecule has 0 bridgehead atoms. The lowest BCUT2D eigenvalue weighted by atomic mass is 10.2. The van der Waals surface area contributed by atoms with E-state index in [1.807, 2.05) is 13.8 Å². The van der Waals surface area contributed by atoms with Crippen molar-refractivity contribution in [2.24, 2.45) is 0 Å². The summed E-state index contributed by atoms with van der Waals surface area (Å²) in [5, 5.41) is 16.7. The Bertz CT molecular complexity index is 871. The molecule has 29 heavy (non-hydrogen) atoms. The maximum absolute atomic E-state index is 12.2. The Kier molecular flexibility index (Phi) is 8.35. The first-order valence-corrected chi connectivity index (χ1v) is 9.63. The van der Waals surface area contributed by atoms with Gasteiger partial charge in [0.2, 0.25) is 0 Å². The van der Waals surface area contributed by atoms with Crippen molar-refractivity contribution in [3.63, 3.8) is 0 Å². The lowest BCUT2D eigenvalue weighted by Crippen LogP contribution is -2.34. The van der Waals surface area contributed by atoms with Gasteiger partial charge in [-0.15, -0.1) is 0 Å². The molecule has 9 heteroatoms. The van der Waals surface area contributed by atoms with Gasteiger partial charge in [-0.05, 0) is 37.6 Å². The molecule has 0 saturated heterocycles. The van der Waals surface area contributed by atoms with Gasteiger partial charge in [-0.2, -0.15) is 0 Å². The summed E-state index contributed by atoms with van der Waals surface area (Å²) in [7, 11) is 0. The number of anilines is 1. The van der Waals surface area contributed by atoms with E-state index in [0.29, 0.717) is 24.7 Å². The standard InChI is InChI=1S/C20H23N3O5S/c1-3-5-10-21-20(29)19(24)22-14-11-15(23(25)26)13-18(12-14)28-17-8-6-16(7-9-17)27-4-2/h6-9,11-13H,3-5,10H2,1-2H3,(H,21,29)(H,22,24). The highest BCUT2D eigenvalue weighted by Crippen LogP contribution is 2.30. The Labute approximate surface area is 174 Å². The van der Waals surface area contributed by atoms with Crippen molar-refractivity contribution in [3.05, 3.63) is 52.6 Å². The summed E-state index contributed by atoms with van der Waals surface area (Å²) in [6.45, 7) is 5.04. The summed E-state index contributed by atoms with van der Waals surface area (Å²) >= 11 is 5.04. The molecule has 0 aliphatic heterocycles. The predicted molar refractivity (Wildman–Crippen MR) is 115 cm³/mol. The first kappa shape index (κ1) is 22.1. The summed E-state index contributed by atoms with van der Waals surface area (Å²) in [4.78, 5) is 22.9. The van der Waals surface area contributed by atoms with E-state index in [0.717, 1.165) is 12.8 Å². The molecule has 2 N–H and O–H groups in total. The second kappa shape index (κ2) is 11.0. The van der Waals surface area contributed by atoms with Crippen molar-refractivity contribution < 1.29 is 19.2 Å². The van der Waals surface area contributed by atoms with E-state index in [1.165, 1.54) is 18.2 Å². The van der Waals surface area contributed by atoms with E-state index >= 15 is 0 Å². The van der Waals surface area contributed by atoms with E-state index in [4.69, 9.17) is 21.7 Å². The Morgan fingerprint density at radius 2 is 1.79 bits per heavy atom. The van der Waals surface area contributed by atoms with Crippen LogP contribution in [-0.4, -0.2) is 29.0 Å². The molecule has 154 valence electrons. The average Bonchev–Trinajstić information content (AvgIpc) is 2.69. The summed E-state index contributed by atoms with van der Waals surface area (Å²) in [6.07, 6.45) is 1.85. The smallest absolute Gasteiger partial charge is 0.283 e. The lowest BCUT2D eigenvalue weighted by molar-refractivity contribution is -0.384. The number of unbranched alkanes of at least 4 members (excludes halogenated alkanes) is 1. The summed E-state index contributed by atoms with van der Waals surface area (Å²) in [5.74, 6) is 0.839. The van der Waals surface area contributed by atoms with Crippen LogP contribution in [0.15, 0.2) is 42.5 Å². The van der Waals surface area contributed by atoms with Gasteiger partial charge in [0.15, 0.2) is 4.99 Å². The third kappa shape index (κ3) is 7.04. The van der Waals surface area contributed by atoms with Crippen LogP contribution in [-0.2, 0) is 4.79 Å². The number of hydrogen-bond acceptors (Lipinski definition) is 6. The molecule has 0 fully saturated rings. The third-order valence-electron chi connectivity index (χ3n) is 3.75. The summed E-state index contributed by atoms with van der Waals surface area (Å²) < 4.78 is 11.1. The van der Waals surface area contributed by atoms with Gasteiger partial charge in [0, 0.05) is 18.7 Å². The fraction of sp³-hybridized carbons (Fsp3) is 0.300. The van der Waals surface area contributed by atoms with Gasteiger partial charge in [-0.3, -0.25) is 14.9 Å².